The Morgan fingerprint density at radius 3 is 3.15 bits per heavy atom. The predicted molar refractivity (Wildman–Crippen MR) is 79.0 cm³/mol. The van der Waals surface area contributed by atoms with Crippen molar-refractivity contribution in [2.75, 3.05) is 12.3 Å². The van der Waals surface area contributed by atoms with Gasteiger partial charge in [-0.1, -0.05) is 0 Å². The van der Waals surface area contributed by atoms with E-state index < -0.39 is 0 Å². The monoisotopic (exact) mass is 335 g/mol. The van der Waals surface area contributed by atoms with E-state index in [0.717, 1.165) is 40.8 Å². The van der Waals surface area contributed by atoms with Crippen LogP contribution in [0.25, 0.3) is 0 Å². The van der Waals surface area contributed by atoms with Crippen LogP contribution >= 0.6 is 15.9 Å². The van der Waals surface area contributed by atoms with E-state index >= 15 is 0 Å². The maximum atomic E-state index is 11.9. The number of pyridine rings is 1. The minimum Gasteiger partial charge on any atom is -0.369 e. The van der Waals surface area contributed by atoms with Crippen LogP contribution in [-0.2, 0) is 19.5 Å². The van der Waals surface area contributed by atoms with Crippen molar-refractivity contribution in [3.8, 4) is 0 Å². The van der Waals surface area contributed by atoms with E-state index in [1.54, 1.807) is 12.4 Å². The minimum absolute atomic E-state index is 0.133. The van der Waals surface area contributed by atoms with Gasteiger partial charge in [-0.15, -0.1) is 0 Å². The molecule has 0 atom stereocenters. The highest BCUT2D eigenvalue weighted by molar-refractivity contribution is 9.10. The Morgan fingerprint density at radius 2 is 2.35 bits per heavy atom. The summed E-state index contributed by atoms with van der Waals surface area (Å²) in [5.41, 5.74) is 8.12. The first-order valence-corrected chi connectivity index (χ1v) is 7.11. The smallest absolute Gasteiger partial charge is 0.257 e. The molecule has 6 nitrogen and oxygen atoms in total. The minimum atomic E-state index is -0.133. The molecule has 0 spiro atoms. The molecule has 1 aliphatic rings. The molecule has 7 heteroatoms. The molecular formula is C13H14BrN5O. The molecule has 0 aromatic carbocycles. The standard InChI is InChI=1S/C13H14BrN5O/c14-10-5-16-3-1-8(10)6-19-4-2-11-9(7-19)12(20)18-13(15)17-11/h1,3,5H,2,4,6-7H2,(H3,15,17,18,20). The maximum absolute atomic E-state index is 11.9. The van der Waals surface area contributed by atoms with E-state index in [4.69, 9.17) is 5.73 Å². The average Bonchev–Trinajstić information content (AvgIpc) is 2.42. The molecular weight excluding hydrogens is 322 g/mol. The van der Waals surface area contributed by atoms with Crippen molar-refractivity contribution < 1.29 is 0 Å². The van der Waals surface area contributed by atoms with Crippen LogP contribution in [0.1, 0.15) is 16.8 Å². The van der Waals surface area contributed by atoms with Crippen molar-refractivity contribution in [2.45, 2.75) is 19.5 Å². The zero-order valence-electron chi connectivity index (χ0n) is 10.8. The number of nitrogens with one attached hydrogen (secondary N) is 1. The van der Waals surface area contributed by atoms with Crippen molar-refractivity contribution in [3.63, 3.8) is 0 Å². The Bertz CT molecular complexity index is 699. The second kappa shape index (κ2) is 5.34. The Hall–Kier alpha value is -1.73. The first-order valence-electron chi connectivity index (χ1n) is 6.32. The molecule has 20 heavy (non-hydrogen) atoms. The fourth-order valence-electron chi connectivity index (χ4n) is 2.41. The van der Waals surface area contributed by atoms with Crippen molar-refractivity contribution in [1.29, 1.82) is 0 Å². The summed E-state index contributed by atoms with van der Waals surface area (Å²) in [6, 6.07) is 1.98. The predicted octanol–water partition coefficient (Wildman–Crippen LogP) is 1.07. The van der Waals surface area contributed by atoms with E-state index in [2.05, 4.69) is 35.8 Å². The molecule has 3 rings (SSSR count). The third-order valence-electron chi connectivity index (χ3n) is 3.42. The zero-order valence-corrected chi connectivity index (χ0v) is 12.4. The zero-order chi connectivity index (χ0) is 14.1. The normalized spacial score (nSPS) is 15.1. The first-order chi connectivity index (χ1) is 9.63. The lowest BCUT2D eigenvalue weighted by molar-refractivity contribution is 0.241. The Labute approximate surface area is 124 Å². The van der Waals surface area contributed by atoms with Crippen LogP contribution < -0.4 is 11.3 Å². The van der Waals surface area contributed by atoms with Gasteiger partial charge in [0.2, 0.25) is 5.95 Å². The number of anilines is 1. The van der Waals surface area contributed by atoms with Gasteiger partial charge in [0, 0.05) is 42.9 Å². The Kier molecular flexibility index (Phi) is 3.54. The molecule has 0 saturated carbocycles. The molecule has 0 saturated heterocycles. The number of aromatic amines is 1. The first kappa shape index (κ1) is 13.3. The Morgan fingerprint density at radius 1 is 1.50 bits per heavy atom. The molecule has 0 aliphatic carbocycles. The molecule has 0 amide bonds. The fraction of sp³-hybridized carbons (Fsp3) is 0.308. The van der Waals surface area contributed by atoms with Crippen molar-refractivity contribution in [1.82, 2.24) is 19.9 Å². The van der Waals surface area contributed by atoms with Gasteiger partial charge in [0.25, 0.3) is 5.56 Å². The number of H-pyrrole nitrogens is 1. The van der Waals surface area contributed by atoms with Gasteiger partial charge in [0.1, 0.15) is 0 Å². The van der Waals surface area contributed by atoms with E-state index in [1.807, 2.05) is 6.07 Å². The summed E-state index contributed by atoms with van der Waals surface area (Å²) in [6.07, 6.45) is 4.29. The van der Waals surface area contributed by atoms with E-state index in [1.165, 1.54) is 0 Å². The van der Waals surface area contributed by atoms with Gasteiger partial charge < -0.3 is 5.73 Å². The summed E-state index contributed by atoms with van der Waals surface area (Å²) >= 11 is 3.49. The molecule has 2 aromatic heterocycles. The van der Waals surface area contributed by atoms with Crippen LogP contribution in [0.15, 0.2) is 27.7 Å². The van der Waals surface area contributed by atoms with Gasteiger partial charge in [-0.3, -0.25) is 19.7 Å². The number of halogens is 1. The van der Waals surface area contributed by atoms with Gasteiger partial charge in [-0.25, -0.2) is 4.98 Å². The number of nitrogen functional groups attached to an aromatic ring is 1. The maximum Gasteiger partial charge on any atom is 0.257 e. The average molecular weight is 336 g/mol. The molecule has 0 bridgehead atoms. The molecule has 0 fully saturated rings. The summed E-state index contributed by atoms with van der Waals surface area (Å²) in [6.45, 7) is 2.22. The number of nitrogens with two attached hydrogens (primary N) is 1. The number of hydrogen-bond donors (Lipinski definition) is 2. The summed E-state index contributed by atoms with van der Waals surface area (Å²) in [5.74, 6) is 0.194. The third kappa shape index (κ3) is 2.59. The largest absolute Gasteiger partial charge is 0.369 e. The Balaban J connectivity index is 1.83. The molecule has 3 heterocycles. The number of nitrogens with zero attached hydrogens (tertiary/aromatic N) is 3. The van der Waals surface area contributed by atoms with Crippen LogP contribution in [0.3, 0.4) is 0 Å². The van der Waals surface area contributed by atoms with Gasteiger partial charge in [-0.05, 0) is 27.6 Å². The van der Waals surface area contributed by atoms with Crippen LogP contribution in [0.2, 0.25) is 0 Å². The summed E-state index contributed by atoms with van der Waals surface area (Å²) in [4.78, 5) is 25.0. The van der Waals surface area contributed by atoms with Gasteiger partial charge >= 0.3 is 0 Å². The molecule has 1 aliphatic heterocycles. The van der Waals surface area contributed by atoms with Crippen LogP contribution in [0.5, 0.6) is 0 Å². The third-order valence-corrected chi connectivity index (χ3v) is 4.13. The lowest BCUT2D eigenvalue weighted by Crippen LogP contribution is -2.35. The van der Waals surface area contributed by atoms with Crippen LogP contribution in [0.4, 0.5) is 5.95 Å². The van der Waals surface area contributed by atoms with E-state index in [-0.39, 0.29) is 11.5 Å². The SMILES string of the molecule is Nc1nc2c(c(=O)[nH]1)CN(Cc1ccncc1Br)CC2. The van der Waals surface area contributed by atoms with E-state index in [9.17, 15) is 4.79 Å². The fourth-order valence-corrected chi connectivity index (χ4v) is 2.78. The lowest BCUT2D eigenvalue weighted by Gasteiger charge is -2.27. The van der Waals surface area contributed by atoms with Crippen molar-refractivity contribution in [2.24, 2.45) is 0 Å². The molecule has 0 unspecified atom stereocenters. The summed E-state index contributed by atoms with van der Waals surface area (Å²) < 4.78 is 0.982. The number of hydrogen-bond acceptors (Lipinski definition) is 5. The molecule has 3 N–H and O–H groups in total. The van der Waals surface area contributed by atoms with Gasteiger partial charge in [0.05, 0.1) is 11.3 Å². The molecule has 0 radical (unpaired) electrons. The van der Waals surface area contributed by atoms with Crippen molar-refractivity contribution in [3.05, 3.63) is 50.1 Å². The summed E-state index contributed by atoms with van der Waals surface area (Å²) in [7, 11) is 0. The highest BCUT2D eigenvalue weighted by Gasteiger charge is 2.21. The highest BCUT2D eigenvalue weighted by Crippen LogP contribution is 2.20. The quantitative estimate of drug-likeness (QED) is 0.856. The number of fused-ring (bicyclic) bond motifs is 1. The van der Waals surface area contributed by atoms with Gasteiger partial charge in [-0.2, -0.15) is 0 Å². The van der Waals surface area contributed by atoms with Crippen molar-refractivity contribution >= 4 is 21.9 Å². The second-order valence-electron chi connectivity index (χ2n) is 4.80. The molecule has 104 valence electrons. The summed E-state index contributed by atoms with van der Waals surface area (Å²) in [5, 5.41) is 0. The number of rotatable bonds is 2. The molecule has 2 aromatic rings. The van der Waals surface area contributed by atoms with Gasteiger partial charge in [0.15, 0.2) is 0 Å². The van der Waals surface area contributed by atoms with E-state index in [0.29, 0.717) is 6.54 Å². The highest BCUT2D eigenvalue weighted by atomic mass is 79.9. The number of aromatic nitrogens is 3. The topological polar surface area (TPSA) is 87.9 Å². The van der Waals surface area contributed by atoms with Crippen LogP contribution in [0, 0.1) is 0 Å². The lowest BCUT2D eigenvalue weighted by atomic mass is 10.1. The second-order valence-corrected chi connectivity index (χ2v) is 5.66. The van der Waals surface area contributed by atoms with Crippen LogP contribution in [-0.4, -0.2) is 26.4 Å².